The van der Waals surface area contributed by atoms with E-state index < -0.39 is 0 Å². The molecule has 1 N–H and O–H groups in total. The van der Waals surface area contributed by atoms with Gasteiger partial charge in [0.25, 0.3) is 0 Å². The fourth-order valence-electron chi connectivity index (χ4n) is 2.90. The molecule has 0 aromatic rings. The summed E-state index contributed by atoms with van der Waals surface area (Å²) in [5, 5.41) is 3.04. The summed E-state index contributed by atoms with van der Waals surface area (Å²) >= 11 is 0. The minimum Gasteiger partial charge on any atom is -0.307 e. The number of amidine groups is 1. The zero-order valence-electron chi connectivity index (χ0n) is 13.5. The Morgan fingerprint density at radius 2 is 2.20 bits per heavy atom. The normalized spacial score (nSPS) is 23.9. The Morgan fingerprint density at radius 1 is 1.45 bits per heavy atom. The second kappa shape index (κ2) is 8.20. The van der Waals surface area contributed by atoms with Crippen LogP contribution in [0.4, 0.5) is 0 Å². The Bertz CT molecular complexity index is 376. The molecule has 0 aromatic carbocycles. The lowest BCUT2D eigenvalue weighted by atomic mass is 10.2. The van der Waals surface area contributed by atoms with E-state index in [1.165, 1.54) is 19.3 Å². The van der Waals surface area contributed by atoms with Crippen LogP contribution in [0.25, 0.3) is 0 Å². The molecule has 2 unspecified atom stereocenters. The Hall–Kier alpha value is -1.16. The number of nitrogens with one attached hydrogen (secondary N) is 1. The summed E-state index contributed by atoms with van der Waals surface area (Å²) in [5.41, 5.74) is 0. The molecule has 0 fully saturated rings. The quantitative estimate of drug-likeness (QED) is 0.539. The largest absolute Gasteiger partial charge is 0.307 e. The topological polar surface area (TPSA) is 41.5 Å². The predicted molar refractivity (Wildman–Crippen MR) is 84.5 cm³/mol. The van der Waals surface area contributed by atoms with Crippen LogP contribution < -0.4 is 5.32 Å². The number of hydrogen-bond acceptors (Lipinski definition) is 2. The third-order valence-corrected chi connectivity index (χ3v) is 4.19. The van der Waals surface area contributed by atoms with Crippen molar-refractivity contribution in [3.63, 3.8) is 0 Å². The highest BCUT2D eigenvalue weighted by atomic mass is 16.1. The first-order valence-corrected chi connectivity index (χ1v) is 7.92. The number of allylic oxidation sites excluding steroid dienone is 1. The van der Waals surface area contributed by atoms with Crippen LogP contribution in [0.3, 0.4) is 0 Å². The highest BCUT2D eigenvalue weighted by molar-refractivity contribution is 5.88. The van der Waals surface area contributed by atoms with Crippen molar-refractivity contribution in [3.05, 3.63) is 12.2 Å². The molecule has 2 atom stereocenters. The minimum atomic E-state index is 0.0293. The number of quaternary nitrogens is 1. The van der Waals surface area contributed by atoms with Crippen molar-refractivity contribution >= 4 is 11.7 Å². The van der Waals surface area contributed by atoms with E-state index in [1.807, 2.05) is 0 Å². The van der Waals surface area contributed by atoms with Gasteiger partial charge in [-0.2, -0.15) is 0 Å². The van der Waals surface area contributed by atoms with Crippen LogP contribution in [0, 0.1) is 0 Å². The van der Waals surface area contributed by atoms with Gasteiger partial charge in [0.05, 0.1) is 13.1 Å². The summed E-state index contributed by atoms with van der Waals surface area (Å²) in [6, 6.07) is 0. The van der Waals surface area contributed by atoms with Crippen molar-refractivity contribution in [1.82, 2.24) is 5.32 Å². The minimum absolute atomic E-state index is 0.0293. The SMILES string of the molecule is CCCCC/C=C/C1=NCC[N+]1(CC)C(C)NC(C)=O. The van der Waals surface area contributed by atoms with E-state index in [4.69, 9.17) is 0 Å². The van der Waals surface area contributed by atoms with Crippen LogP contribution in [0.2, 0.25) is 0 Å². The molecule has 1 heterocycles. The molecule has 4 heteroatoms. The van der Waals surface area contributed by atoms with Crippen molar-refractivity contribution in [2.24, 2.45) is 4.99 Å². The summed E-state index contributed by atoms with van der Waals surface area (Å²) in [4.78, 5) is 16.0. The molecule has 114 valence electrons. The lowest BCUT2D eigenvalue weighted by Crippen LogP contribution is -2.62. The Balaban J connectivity index is 2.70. The molecule has 0 saturated carbocycles. The highest BCUT2D eigenvalue weighted by Crippen LogP contribution is 2.20. The highest BCUT2D eigenvalue weighted by Gasteiger charge is 2.40. The third-order valence-electron chi connectivity index (χ3n) is 4.19. The number of rotatable bonds is 8. The van der Waals surface area contributed by atoms with Crippen molar-refractivity contribution in [2.45, 2.75) is 59.5 Å². The number of aliphatic imine (C=N–C) groups is 1. The van der Waals surface area contributed by atoms with Crippen molar-refractivity contribution in [2.75, 3.05) is 19.6 Å². The van der Waals surface area contributed by atoms with Gasteiger partial charge in [-0.3, -0.25) is 9.28 Å². The summed E-state index contributed by atoms with van der Waals surface area (Å²) < 4.78 is 0.768. The molecule has 1 aliphatic rings. The zero-order valence-corrected chi connectivity index (χ0v) is 13.5. The van der Waals surface area contributed by atoms with Crippen LogP contribution in [0.5, 0.6) is 0 Å². The van der Waals surface area contributed by atoms with E-state index >= 15 is 0 Å². The van der Waals surface area contributed by atoms with Crippen LogP contribution in [-0.2, 0) is 4.79 Å². The van der Waals surface area contributed by atoms with E-state index in [-0.39, 0.29) is 12.1 Å². The second-order valence-electron chi connectivity index (χ2n) is 5.59. The molecule has 1 aliphatic heterocycles. The van der Waals surface area contributed by atoms with Crippen molar-refractivity contribution in [1.29, 1.82) is 0 Å². The molecule has 1 rings (SSSR count). The van der Waals surface area contributed by atoms with Gasteiger partial charge >= 0.3 is 0 Å². The predicted octanol–water partition coefficient (Wildman–Crippen LogP) is 2.85. The van der Waals surface area contributed by atoms with E-state index in [2.05, 4.69) is 43.2 Å². The molecule has 0 aliphatic carbocycles. The Labute approximate surface area is 123 Å². The van der Waals surface area contributed by atoms with E-state index in [1.54, 1.807) is 6.92 Å². The van der Waals surface area contributed by atoms with Gasteiger partial charge in [0, 0.05) is 19.9 Å². The van der Waals surface area contributed by atoms with E-state index in [9.17, 15) is 4.79 Å². The molecular weight excluding hydrogens is 250 g/mol. The van der Waals surface area contributed by atoms with Gasteiger partial charge in [-0.15, -0.1) is 0 Å². The lowest BCUT2D eigenvalue weighted by Gasteiger charge is -2.38. The summed E-state index contributed by atoms with van der Waals surface area (Å²) in [5.74, 6) is 1.15. The smallest absolute Gasteiger partial charge is 0.224 e. The summed E-state index contributed by atoms with van der Waals surface area (Å²) in [6.07, 6.45) is 9.39. The third kappa shape index (κ3) is 4.17. The van der Waals surface area contributed by atoms with Gasteiger partial charge in [0.1, 0.15) is 6.54 Å². The van der Waals surface area contributed by atoms with Gasteiger partial charge < -0.3 is 5.32 Å². The number of unbranched alkanes of at least 4 members (excludes halogenated alkanes) is 3. The van der Waals surface area contributed by atoms with Crippen LogP contribution in [-0.4, -0.2) is 42.0 Å². The first-order chi connectivity index (χ1) is 9.56. The van der Waals surface area contributed by atoms with Crippen molar-refractivity contribution < 1.29 is 9.28 Å². The molecule has 4 nitrogen and oxygen atoms in total. The van der Waals surface area contributed by atoms with Gasteiger partial charge in [0.2, 0.25) is 11.7 Å². The van der Waals surface area contributed by atoms with E-state index in [0.717, 1.165) is 36.4 Å². The van der Waals surface area contributed by atoms with Gasteiger partial charge in [-0.05, 0) is 19.8 Å². The standard InChI is InChI=1S/C16H29N3O/c1-5-7-8-9-10-11-16-17-12-13-19(16,6-2)14(3)18-15(4)20/h10-11,14H,5-9,12-13H2,1-4H3/p+1/b11-10+. The molecule has 20 heavy (non-hydrogen) atoms. The number of nitrogens with zero attached hydrogens (tertiary/aromatic N) is 2. The van der Waals surface area contributed by atoms with E-state index in [0.29, 0.717) is 0 Å². The maximum atomic E-state index is 11.3. The maximum Gasteiger partial charge on any atom is 0.224 e. The molecule has 0 saturated heterocycles. The second-order valence-corrected chi connectivity index (χ2v) is 5.59. The number of carbonyl (C=O) groups is 1. The number of amides is 1. The summed E-state index contributed by atoms with van der Waals surface area (Å²) in [6.45, 7) is 10.8. The molecule has 0 bridgehead atoms. The molecule has 0 spiro atoms. The van der Waals surface area contributed by atoms with Crippen LogP contribution >= 0.6 is 0 Å². The molecule has 1 amide bonds. The lowest BCUT2D eigenvalue weighted by molar-refractivity contribution is -0.859. The van der Waals surface area contributed by atoms with Gasteiger partial charge in [0.15, 0.2) is 6.17 Å². The summed E-state index contributed by atoms with van der Waals surface area (Å²) in [7, 11) is 0. The van der Waals surface area contributed by atoms with Crippen LogP contribution in [0.15, 0.2) is 17.1 Å². The fourth-order valence-corrected chi connectivity index (χ4v) is 2.90. The first kappa shape index (κ1) is 16.9. The molecule has 0 radical (unpaired) electrons. The first-order valence-electron chi connectivity index (χ1n) is 7.92. The van der Waals surface area contributed by atoms with Gasteiger partial charge in [-0.1, -0.05) is 25.8 Å². The van der Waals surface area contributed by atoms with Crippen LogP contribution in [0.1, 0.15) is 53.4 Å². The van der Waals surface area contributed by atoms with Gasteiger partial charge in [-0.25, -0.2) is 4.99 Å². The zero-order chi connectivity index (χ0) is 15.0. The monoisotopic (exact) mass is 280 g/mol. The number of carbonyl (C=O) groups excluding carboxylic acids is 1. The average Bonchev–Trinajstić information content (AvgIpc) is 2.82. The molecular formula is C16H30N3O+. The van der Waals surface area contributed by atoms with Crippen molar-refractivity contribution in [3.8, 4) is 0 Å². The Morgan fingerprint density at radius 3 is 2.80 bits per heavy atom. The number of hydrogen-bond donors (Lipinski definition) is 1. The maximum absolute atomic E-state index is 11.3. The number of likely N-dealkylation sites (N-methyl/N-ethyl adjacent to an activating group) is 1. The fraction of sp³-hybridized carbons (Fsp3) is 0.750. The Kier molecular flexibility index (Phi) is 6.93. The average molecular weight is 280 g/mol. The molecule has 0 aromatic heterocycles.